The van der Waals surface area contributed by atoms with E-state index in [2.05, 4.69) is 10.2 Å². The number of fused-ring (bicyclic) bond motifs is 1. The maximum absolute atomic E-state index is 15.4. The van der Waals surface area contributed by atoms with Crippen molar-refractivity contribution in [2.75, 3.05) is 13.2 Å². The molecule has 2 aromatic carbocycles. The fourth-order valence-corrected chi connectivity index (χ4v) is 4.06. The Bertz CT molecular complexity index is 789. The third kappa shape index (κ3) is 3.94. The zero-order valence-corrected chi connectivity index (χ0v) is 15.8. The standard InChI is InChI=1S/C22H25FN2O3/c1-15(26)24-12-18-20(23)21-19(25(18)13-16-8-4-2-5-9-16)14-27-22(28-21)17-10-6-3-7-11-17/h2-11,18-22H,12-14H2,1H3,(H,24,26)/t18-,19-,20-,21-,22?/m1/s1. The van der Waals surface area contributed by atoms with Gasteiger partial charge in [0.2, 0.25) is 5.91 Å². The van der Waals surface area contributed by atoms with Crippen LogP contribution in [0.1, 0.15) is 24.3 Å². The third-order valence-electron chi connectivity index (χ3n) is 5.45. The van der Waals surface area contributed by atoms with E-state index in [1.165, 1.54) is 6.92 Å². The summed E-state index contributed by atoms with van der Waals surface area (Å²) in [5.74, 6) is -0.166. The zero-order chi connectivity index (χ0) is 19.5. The SMILES string of the molecule is CC(=O)NC[C@@H]1[C@@H](F)[C@@H]2OC(c3ccccc3)OC[C@H]2N1Cc1ccccc1. The highest BCUT2D eigenvalue weighted by atomic mass is 19.1. The van der Waals surface area contributed by atoms with E-state index >= 15 is 4.39 Å². The smallest absolute Gasteiger partial charge is 0.216 e. The molecular formula is C22H25FN2O3. The lowest BCUT2D eigenvalue weighted by atomic mass is 10.1. The molecule has 2 saturated heterocycles. The average Bonchev–Trinajstić information content (AvgIpc) is 2.98. The van der Waals surface area contributed by atoms with Crippen LogP contribution in [-0.2, 0) is 20.8 Å². The number of carbonyl (C=O) groups is 1. The Kier molecular flexibility index (Phi) is 5.71. The molecule has 2 aliphatic heterocycles. The molecule has 0 aromatic heterocycles. The van der Waals surface area contributed by atoms with Crippen LogP contribution in [0.3, 0.4) is 0 Å². The number of hydrogen-bond donors (Lipinski definition) is 1. The number of likely N-dealkylation sites (tertiary alicyclic amines) is 1. The number of halogens is 1. The van der Waals surface area contributed by atoms with Crippen LogP contribution in [0.2, 0.25) is 0 Å². The summed E-state index contributed by atoms with van der Waals surface area (Å²) in [6.45, 7) is 2.65. The Morgan fingerprint density at radius 2 is 1.82 bits per heavy atom. The second kappa shape index (κ2) is 8.39. The minimum Gasteiger partial charge on any atom is -0.355 e. The van der Waals surface area contributed by atoms with Gasteiger partial charge in [-0.15, -0.1) is 0 Å². The summed E-state index contributed by atoms with van der Waals surface area (Å²) in [6.07, 6.45) is -2.38. The van der Waals surface area contributed by atoms with E-state index in [0.717, 1.165) is 11.1 Å². The normalized spacial score (nSPS) is 30.0. The first-order valence-corrected chi connectivity index (χ1v) is 9.63. The molecule has 148 valence electrons. The molecule has 1 N–H and O–H groups in total. The predicted molar refractivity (Wildman–Crippen MR) is 103 cm³/mol. The molecule has 2 aromatic rings. The first kappa shape index (κ1) is 19.1. The zero-order valence-electron chi connectivity index (χ0n) is 15.8. The van der Waals surface area contributed by atoms with Crippen molar-refractivity contribution in [1.29, 1.82) is 0 Å². The average molecular weight is 384 g/mol. The molecule has 5 nitrogen and oxygen atoms in total. The minimum atomic E-state index is -1.21. The molecule has 1 amide bonds. The molecule has 4 rings (SSSR count). The lowest BCUT2D eigenvalue weighted by Gasteiger charge is -2.36. The van der Waals surface area contributed by atoms with Crippen molar-refractivity contribution in [3.05, 3.63) is 71.8 Å². The van der Waals surface area contributed by atoms with Crippen LogP contribution in [0.15, 0.2) is 60.7 Å². The van der Waals surface area contributed by atoms with Gasteiger partial charge in [-0.05, 0) is 5.56 Å². The van der Waals surface area contributed by atoms with Gasteiger partial charge in [-0.3, -0.25) is 9.69 Å². The van der Waals surface area contributed by atoms with Gasteiger partial charge < -0.3 is 14.8 Å². The monoisotopic (exact) mass is 384 g/mol. The molecule has 0 aliphatic carbocycles. The van der Waals surface area contributed by atoms with Crippen LogP contribution >= 0.6 is 0 Å². The minimum absolute atomic E-state index is 0.166. The van der Waals surface area contributed by atoms with Gasteiger partial charge in [-0.25, -0.2) is 4.39 Å². The predicted octanol–water partition coefficient (Wildman–Crippen LogP) is 2.83. The summed E-state index contributed by atoms with van der Waals surface area (Å²) in [5.41, 5.74) is 1.97. The van der Waals surface area contributed by atoms with Crippen molar-refractivity contribution in [3.63, 3.8) is 0 Å². The van der Waals surface area contributed by atoms with E-state index in [1.807, 2.05) is 60.7 Å². The first-order valence-electron chi connectivity index (χ1n) is 9.63. The van der Waals surface area contributed by atoms with E-state index in [1.54, 1.807) is 0 Å². The van der Waals surface area contributed by atoms with Gasteiger partial charge >= 0.3 is 0 Å². The van der Waals surface area contributed by atoms with Gasteiger partial charge in [0, 0.05) is 25.6 Å². The van der Waals surface area contributed by atoms with Crippen molar-refractivity contribution < 1.29 is 18.7 Å². The van der Waals surface area contributed by atoms with E-state index < -0.39 is 24.6 Å². The summed E-state index contributed by atoms with van der Waals surface area (Å²) in [5, 5.41) is 2.77. The maximum atomic E-state index is 15.4. The summed E-state index contributed by atoms with van der Waals surface area (Å²) in [6, 6.07) is 18.9. The number of amides is 1. The van der Waals surface area contributed by atoms with E-state index in [4.69, 9.17) is 9.47 Å². The molecule has 2 heterocycles. The topological polar surface area (TPSA) is 50.8 Å². The number of rotatable bonds is 5. The quantitative estimate of drug-likeness (QED) is 0.861. The van der Waals surface area contributed by atoms with Gasteiger partial charge in [0.1, 0.15) is 12.3 Å². The highest BCUT2D eigenvalue weighted by Crippen LogP contribution is 2.38. The van der Waals surface area contributed by atoms with E-state index in [0.29, 0.717) is 13.2 Å². The van der Waals surface area contributed by atoms with Gasteiger partial charge in [-0.1, -0.05) is 60.7 Å². The van der Waals surface area contributed by atoms with Crippen LogP contribution in [0.25, 0.3) is 0 Å². The fourth-order valence-electron chi connectivity index (χ4n) is 4.06. The van der Waals surface area contributed by atoms with Gasteiger partial charge in [-0.2, -0.15) is 0 Å². The maximum Gasteiger partial charge on any atom is 0.216 e. The largest absolute Gasteiger partial charge is 0.355 e. The molecular weight excluding hydrogens is 359 g/mol. The Balaban J connectivity index is 1.55. The Morgan fingerprint density at radius 3 is 2.50 bits per heavy atom. The van der Waals surface area contributed by atoms with Crippen LogP contribution in [-0.4, -0.2) is 48.3 Å². The molecule has 1 unspecified atom stereocenters. The van der Waals surface area contributed by atoms with Gasteiger partial charge in [0.25, 0.3) is 0 Å². The molecule has 0 bridgehead atoms. The molecule has 28 heavy (non-hydrogen) atoms. The van der Waals surface area contributed by atoms with Gasteiger partial charge in [0.05, 0.1) is 18.7 Å². The molecule has 0 saturated carbocycles. The molecule has 0 radical (unpaired) electrons. The van der Waals surface area contributed by atoms with Crippen molar-refractivity contribution in [3.8, 4) is 0 Å². The molecule has 6 heteroatoms. The van der Waals surface area contributed by atoms with Crippen molar-refractivity contribution in [2.45, 2.75) is 44.1 Å². The van der Waals surface area contributed by atoms with Crippen LogP contribution in [0.4, 0.5) is 4.39 Å². The third-order valence-corrected chi connectivity index (χ3v) is 5.45. The van der Waals surface area contributed by atoms with E-state index in [9.17, 15) is 4.79 Å². The van der Waals surface area contributed by atoms with Crippen LogP contribution in [0.5, 0.6) is 0 Å². The van der Waals surface area contributed by atoms with Crippen LogP contribution < -0.4 is 5.32 Å². The molecule has 0 spiro atoms. The number of alkyl halides is 1. The number of carbonyl (C=O) groups excluding carboxylic acids is 1. The Hall–Kier alpha value is -2.28. The molecule has 2 fully saturated rings. The number of nitrogens with one attached hydrogen (secondary N) is 1. The fraction of sp³-hybridized carbons (Fsp3) is 0.409. The first-order chi connectivity index (χ1) is 13.6. The van der Waals surface area contributed by atoms with E-state index in [-0.39, 0.29) is 18.5 Å². The Morgan fingerprint density at radius 1 is 1.14 bits per heavy atom. The number of benzene rings is 2. The second-order valence-corrected chi connectivity index (χ2v) is 7.35. The summed E-state index contributed by atoms with van der Waals surface area (Å²) < 4.78 is 27.5. The highest BCUT2D eigenvalue weighted by Gasteiger charge is 2.53. The van der Waals surface area contributed by atoms with Crippen molar-refractivity contribution in [1.82, 2.24) is 10.2 Å². The second-order valence-electron chi connectivity index (χ2n) is 7.35. The number of hydrogen-bond acceptors (Lipinski definition) is 4. The van der Waals surface area contributed by atoms with Gasteiger partial charge in [0.15, 0.2) is 6.29 Å². The molecule has 5 atom stereocenters. The van der Waals surface area contributed by atoms with Crippen LogP contribution in [0, 0.1) is 0 Å². The molecule has 2 aliphatic rings. The summed E-state index contributed by atoms with van der Waals surface area (Å²) in [4.78, 5) is 13.5. The summed E-state index contributed by atoms with van der Waals surface area (Å²) in [7, 11) is 0. The lowest BCUT2D eigenvalue weighted by Crippen LogP contribution is -2.47. The highest BCUT2D eigenvalue weighted by molar-refractivity contribution is 5.72. The van der Waals surface area contributed by atoms with Crippen molar-refractivity contribution >= 4 is 5.91 Å². The summed E-state index contributed by atoms with van der Waals surface area (Å²) >= 11 is 0. The Labute approximate surface area is 164 Å². The number of ether oxygens (including phenoxy) is 2. The lowest BCUT2D eigenvalue weighted by molar-refractivity contribution is -0.237. The van der Waals surface area contributed by atoms with Crippen molar-refractivity contribution in [2.24, 2.45) is 0 Å². The number of nitrogens with zero attached hydrogens (tertiary/aromatic N) is 1.